The number of para-hydroxylation sites is 2. The van der Waals surface area contributed by atoms with E-state index in [-0.39, 0.29) is 10.8 Å². The summed E-state index contributed by atoms with van der Waals surface area (Å²) in [5.74, 6) is 0.837. The lowest BCUT2D eigenvalue weighted by molar-refractivity contribution is 0.432. The molecular formula is C22H15ClN4O2. The van der Waals surface area contributed by atoms with E-state index in [1.807, 2.05) is 42.7 Å². The molecule has 142 valence electrons. The maximum atomic E-state index is 9.57. The summed E-state index contributed by atoms with van der Waals surface area (Å²) in [7, 11) is 0. The Labute approximate surface area is 171 Å². The molecule has 0 fully saturated rings. The number of phenolic OH excluding ortho intramolecular Hbond substituents is 1. The Morgan fingerprint density at radius 1 is 0.966 bits per heavy atom. The van der Waals surface area contributed by atoms with Gasteiger partial charge in [0.25, 0.3) is 5.89 Å². The first-order valence-corrected chi connectivity index (χ1v) is 9.37. The van der Waals surface area contributed by atoms with Crippen LogP contribution in [-0.2, 0) is 6.54 Å². The lowest BCUT2D eigenvalue weighted by Crippen LogP contribution is -1.98. The Hall–Kier alpha value is -3.64. The second kappa shape index (κ2) is 7.07. The van der Waals surface area contributed by atoms with E-state index >= 15 is 0 Å². The predicted molar refractivity (Wildman–Crippen MR) is 111 cm³/mol. The third-order valence-corrected chi connectivity index (χ3v) is 4.99. The van der Waals surface area contributed by atoms with E-state index < -0.39 is 0 Å². The maximum Gasteiger partial charge on any atom is 0.258 e. The van der Waals surface area contributed by atoms with Crippen LogP contribution in [0.5, 0.6) is 5.75 Å². The van der Waals surface area contributed by atoms with Crippen molar-refractivity contribution in [1.29, 1.82) is 0 Å². The molecule has 0 saturated carbocycles. The summed E-state index contributed by atoms with van der Waals surface area (Å²) in [5.41, 5.74) is 4.66. The number of benzene rings is 3. The number of aromatic hydroxyl groups is 1. The van der Waals surface area contributed by atoms with Gasteiger partial charge in [-0.15, -0.1) is 0 Å². The summed E-state index contributed by atoms with van der Waals surface area (Å²) >= 11 is 5.97. The largest absolute Gasteiger partial charge is 0.506 e. The number of aromatic nitrogens is 4. The number of imidazole rings is 1. The minimum atomic E-state index is 0.00915. The van der Waals surface area contributed by atoms with Crippen molar-refractivity contribution in [2.45, 2.75) is 6.54 Å². The first-order chi connectivity index (χ1) is 14.2. The molecule has 2 aromatic heterocycles. The van der Waals surface area contributed by atoms with Crippen molar-refractivity contribution in [1.82, 2.24) is 19.7 Å². The fourth-order valence-electron chi connectivity index (χ4n) is 3.24. The van der Waals surface area contributed by atoms with E-state index in [1.165, 1.54) is 6.07 Å². The molecule has 0 amide bonds. The summed E-state index contributed by atoms with van der Waals surface area (Å²) in [6.07, 6.45) is 1.85. The lowest BCUT2D eigenvalue weighted by atomic mass is 10.1. The number of fused-ring (bicyclic) bond motifs is 1. The van der Waals surface area contributed by atoms with Gasteiger partial charge in [0.2, 0.25) is 5.82 Å². The monoisotopic (exact) mass is 402 g/mol. The van der Waals surface area contributed by atoms with Crippen LogP contribution < -0.4 is 0 Å². The Morgan fingerprint density at radius 2 is 1.86 bits per heavy atom. The van der Waals surface area contributed by atoms with Crippen molar-refractivity contribution >= 4 is 22.6 Å². The minimum Gasteiger partial charge on any atom is -0.506 e. The molecule has 0 aliphatic rings. The molecule has 0 aliphatic heterocycles. The van der Waals surface area contributed by atoms with Gasteiger partial charge in [0.05, 0.1) is 22.4 Å². The van der Waals surface area contributed by atoms with Crippen LogP contribution in [0.4, 0.5) is 0 Å². The predicted octanol–water partition coefficient (Wildman–Crippen LogP) is 5.16. The molecule has 0 atom stereocenters. The fraction of sp³-hybridized carbons (Fsp3) is 0.0455. The van der Waals surface area contributed by atoms with Crippen LogP contribution in [0.1, 0.15) is 5.56 Å². The van der Waals surface area contributed by atoms with Gasteiger partial charge in [0, 0.05) is 17.7 Å². The van der Waals surface area contributed by atoms with E-state index in [0.717, 1.165) is 22.2 Å². The van der Waals surface area contributed by atoms with Gasteiger partial charge in [-0.2, -0.15) is 4.98 Å². The van der Waals surface area contributed by atoms with Gasteiger partial charge in [0.1, 0.15) is 5.75 Å². The molecular weight excluding hydrogens is 388 g/mol. The summed E-state index contributed by atoms with van der Waals surface area (Å²) in [6, 6.07) is 20.8. The summed E-state index contributed by atoms with van der Waals surface area (Å²) in [4.78, 5) is 8.91. The van der Waals surface area contributed by atoms with Gasteiger partial charge in [-0.05, 0) is 42.0 Å². The van der Waals surface area contributed by atoms with Crippen LogP contribution >= 0.6 is 11.6 Å². The summed E-state index contributed by atoms with van der Waals surface area (Å²) in [5, 5.41) is 13.9. The fourth-order valence-corrected chi connectivity index (χ4v) is 3.42. The smallest absolute Gasteiger partial charge is 0.258 e. The summed E-state index contributed by atoms with van der Waals surface area (Å²) < 4.78 is 7.49. The van der Waals surface area contributed by atoms with E-state index in [2.05, 4.69) is 31.8 Å². The quantitative estimate of drug-likeness (QED) is 0.449. The van der Waals surface area contributed by atoms with E-state index in [1.54, 1.807) is 12.1 Å². The highest BCUT2D eigenvalue weighted by atomic mass is 35.5. The molecule has 5 rings (SSSR count). The first kappa shape index (κ1) is 17.5. The standard InChI is InChI=1S/C22H15ClN4O2/c23-17-11-16(8-9-20(17)28)22-25-21(26-29-22)15-5-3-4-14(10-15)12-27-13-24-18-6-1-2-7-19(18)27/h1-11,13,28H,12H2. The van der Waals surface area contributed by atoms with Crippen molar-refractivity contribution in [3.8, 4) is 28.6 Å². The van der Waals surface area contributed by atoms with Crippen molar-refractivity contribution in [3.63, 3.8) is 0 Å². The third-order valence-electron chi connectivity index (χ3n) is 4.69. The van der Waals surface area contributed by atoms with Crippen LogP contribution in [0.15, 0.2) is 77.6 Å². The van der Waals surface area contributed by atoms with E-state index in [0.29, 0.717) is 23.8 Å². The molecule has 0 bridgehead atoms. The van der Waals surface area contributed by atoms with Crippen molar-refractivity contribution in [2.24, 2.45) is 0 Å². The zero-order chi connectivity index (χ0) is 19.8. The number of phenols is 1. The van der Waals surface area contributed by atoms with Gasteiger partial charge in [0.15, 0.2) is 0 Å². The molecule has 0 radical (unpaired) electrons. The molecule has 0 saturated heterocycles. The number of rotatable bonds is 4. The van der Waals surface area contributed by atoms with Crippen LogP contribution in [0, 0.1) is 0 Å². The molecule has 3 aromatic carbocycles. The number of nitrogens with zero attached hydrogens (tertiary/aromatic N) is 4. The SMILES string of the molecule is Oc1ccc(-c2nc(-c3cccc(Cn4cnc5ccccc54)c3)no2)cc1Cl. The molecule has 0 unspecified atom stereocenters. The van der Waals surface area contributed by atoms with Gasteiger partial charge in [-0.1, -0.05) is 47.1 Å². The van der Waals surface area contributed by atoms with Gasteiger partial charge in [-0.25, -0.2) is 4.98 Å². The van der Waals surface area contributed by atoms with Crippen LogP contribution in [0.3, 0.4) is 0 Å². The molecule has 29 heavy (non-hydrogen) atoms. The van der Waals surface area contributed by atoms with Crippen molar-refractivity contribution < 1.29 is 9.63 Å². The molecule has 7 heteroatoms. The average molecular weight is 403 g/mol. The molecule has 5 aromatic rings. The highest BCUT2D eigenvalue weighted by Gasteiger charge is 2.13. The molecule has 2 heterocycles. The second-order valence-electron chi connectivity index (χ2n) is 6.65. The Bertz CT molecular complexity index is 1330. The minimum absolute atomic E-state index is 0.00915. The third kappa shape index (κ3) is 3.34. The lowest BCUT2D eigenvalue weighted by Gasteiger charge is -2.05. The van der Waals surface area contributed by atoms with Gasteiger partial charge < -0.3 is 14.2 Å². The summed E-state index contributed by atoms with van der Waals surface area (Å²) in [6.45, 7) is 0.687. The highest BCUT2D eigenvalue weighted by Crippen LogP contribution is 2.30. The number of hydrogen-bond acceptors (Lipinski definition) is 5. The van der Waals surface area contributed by atoms with Crippen LogP contribution in [-0.4, -0.2) is 24.8 Å². The highest BCUT2D eigenvalue weighted by molar-refractivity contribution is 6.32. The van der Waals surface area contributed by atoms with Crippen LogP contribution in [0.25, 0.3) is 33.9 Å². The van der Waals surface area contributed by atoms with Crippen LogP contribution in [0.2, 0.25) is 5.02 Å². The topological polar surface area (TPSA) is 77.0 Å². The van der Waals surface area contributed by atoms with E-state index in [4.69, 9.17) is 16.1 Å². The molecule has 0 spiro atoms. The van der Waals surface area contributed by atoms with Gasteiger partial charge in [-0.3, -0.25) is 0 Å². The van der Waals surface area contributed by atoms with Crippen molar-refractivity contribution in [3.05, 3.63) is 83.6 Å². The normalized spacial score (nSPS) is 11.2. The first-order valence-electron chi connectivity index (χ1n) is 8.99. The van der Waals surface area contributed by atoms with Crippen molar-refractivity contribution in [2.75, 3.05) is 0 Å². The zero-order valence-corrected chi connectivity index (χ0v) is 15.9. The maximum absolute atomic E-state index is 9.57. The molecule has 1 N–H and O–H groups in total. The Balaban J connectivity index is 1.44. The molecule has 0 aliphatic carbocycles. The Morgan fingerprint density at radius 3 is 2.76 bits per heavy atom. The van der Waals surface area contributed by atoms with Gasteiger partial charge >= 0.3 is 0 Å². The second-order valence-corrected chi connectivity index (χ2v) is 7.06. The van der Waals surface area contributed by atoms with E-state index in [9.17, 15) is 5.11 Å². The number of halogens is 1. The average Bonchev–Trinajstić information content (AvgIpc) is 3.38. The number of hydrogen-bond donors (Lipinski definition) is 1. The Kier molecular flexibility index (Phi) is 4.26. The zero-order valence-electron chi connectivity index (χ0n) is 15.2. The molecule has 6 nitrogen and oxygen atoms in total.